The Labute approximate surface area is 188 Å². The number of hydrogen-bond acceptors (Lipinski definition) is 8. The molecular formula is C21H20ClN9O. The monoisotopic (exact) mass is 449 g/mol. The summed E-state index contributed by atoms with van der Waals surface area (Å²) in [5.41, 5.74) is 8.16. The number of nitrogens with one attached hydrogen (secondary N) is 2. The van der Waals surface area contributed by atoms with E-state index in [9.17, 15) is 4.79 Å². The summed E-state index contributed by atoms with van der Waals surface area (Å²) in [5, 5.41) is 19.6. The minimum absolute atomic E-state index is 0.0938. The van der Waals surface area contributed by atoms with Crippen molar-refractivity contribution in [3.8, 4) is 0 Å². The molecular weight excluding hydrogens is 430 g/mol. The molecule has 3 heterocycles. The molecule has 1 atom stereocenters. The highest BCUT2D eigenvalue weighted by molar-refractivity contribution is 6.30. The van der Waals surface area contributed by atoms with Crippen LogP contribution in [-0.4, -0.2) is 35.7 Å². The van der Waals surface area contributed by atoms with Crippen LogP contribution in [0.25, 0.3) is 5.65 Å². The molecule has 1 aromatic carbocycles. The first-order chi connectivity index (χ1) is 15.5. The van der Waals surface area contributed by atoms with Gasteiger partial charge < -0.3 is 16.4 Å². The van der Waals surface area contributed by atoms with Gasteiger partial charge in [0, 0.05) is 16.6 Å². The Morgan fingerprint density at radius 2 is 2.09 bits per heavy atom. The number of rotatable bonds is 6. The lowest BCUT2D eigenvalue weighted by Crippen LogP contribution is -2.30. The number of fused-ring (bicyclic) bond motifs is 1. The summed E-state index contributed by atoms with van der Waals surface area (Å²) in [6.07, 6.45) is 3.75. The van der Waals surface area contributed by atoms with Gasteiger partial charge in [-0.05, 0) is 50.1 Å². The molecule has 11 heteroatoms. The van der Waals surface area contributed by atoms with E-state index in [0.29, 0.717) is 28.2 Å². The number of carbonyl (C=O) groups excluding carboxylic acids is 1. The third-order valence-corrected chi connectivity index (χ3v) is 5.38. The van der Waals surface area contributed by atoms with Crippen LogP contribution >= 0.6 is 11.6 Å². The zero-order valence-corrected chi connectivity index (χ0v) is 17.9. The molecule has 4 N–H and O–H groups in total. The van der Waals surface area contributed by atoms with Crippen molar-refractivity contribution in [1.82, 2.24) is 35.1 Å². The minimum atomic E-state index is -0.503. The predicted octanol–water partition coefficient (Wildman–Crippen LogP) is 3.26. The minimum Gasteiger partial charge on any atom is -0.382 e. The lowest BCUT2D eigenvalue weighted by molar-refractivity contribution is 0.0933. The highest BCUT2D eigenvalue weighted by Gasteiger charge is 2.28. The summed E-state index contributed by atoms with van der Waals surface area (Å²) < 4.78 is 1.58. The molecule has 0 bridgehead atoms. The zero-order chi connectivity index (χ0) is 22.2. The first-order valence-corrected chi connectivity index (χ1v) is 10.5. The van der Waals surface area contributed by atoms with E-state index in [4.69, 9.17) is 17.3 Å². The van der Waals surface area contributed by atoms with Crippen LogP contribution in [0, 0.1) is 0 Å². The van der Waals surface area contributed by atoms with Crippen molar-refractivity contribution < 1.29 is 4.79 Å². The summed E-state index contributed by atoms with van der Waals surface area (Å²) in [7, 11) is 0. The molecule has 0 spiro atoms. The van der Waals surface area contributed by atoms with Crippen molar-refractivity contribution in [1.29, 1.82) is 0 Å². The number of anilines is 3. The topological polar surface area (TPSA) is 136 Å². The van der Waals surface area contributed by atoms with E-state index in [-0.39, 0.29) is 11.5 Å². The molecule has 0 saturated heterocycles. The molecule has 1 amide bonds. The van der Waals surface area contributed by atoms with Crippen LogP contribution in [0.2, 0.25) is 5.02 Å². The molecule has 0 radical (unpaired) electrons. The van der Waals surface area contributed by atoms with Crippen molar-refractivity contribution in [2.75, 3.05) is 11.1 Å². The zero-order valence-electron chi connectivity index (χ0n) is 17.2. The summed E-state index contributed by atoms with van der Waals surface area (Å²) in [4.78, 5) is 21.4. The fourth-order valence-corrected chi connectivity index (χ4v) is 3.53. The van der Waals surface area contributed by atoms with Crippen molar-refractivity contribution in [3.63, 3.8) is 0 Å². The van der Waals surface area contributed by atoms with E-state index >= 15 is 0 Å². The average Bonchev–Trinajstić information content (AvgIpc) is 3.53. The Bertz CT molecular complexity index is 1320. The summed E-state index contributed by atoms with van der Waals surface area (Å²) in [6.45, 7) is 1.79. The van der Waals surface area contributed by atoms with Gasteiger partial charge in [0.1, 0.15) is 0 Å². The number of nitrogens with two attached hydrogens (primary N) is 1. The van der Waals surface area contributed by atoms with Gasteiger partial charge in [0.05, 0.1) is 17.9 Å². The largest absolute Gasteiger partial charge is 0.382 e. The van der Waals surface area contributed by atoms with Crippen LogP contribution in [0.5, 0.6) is 0 Å². The van der Waals surface area contributed by atoms with Gasteiger partial charge in [-0.2, -0.15) is 4.52 Å². The van der Waals surface area contributed by atoms with E-state index in [1.165, 1.54) is 0 Å². The third-order valence-electron chi connectivity index (χ3n) is 5.15. The van der Waals surface area contributed by atoms with E-state index in [2.05, 4.69) is 35.9 Å². The van der Waals surface area contributed by atoms with Gasteiger partial charge in [-0.25, -0.2) is 9.97 Å². The second-order valence-electron chi connectivity index (χ2n) is 7.68. The fourth-order valence-electron chi connectivity index (χ4n) is 3.34. The first-order valence-electron chi connectivity index (χ1n) is 10.2. The first kappa shape index (κ1) is 20.1. The van der Waals surface area contributed by atoms with Crippen LogP contribution in [0.4, 0.5) is 17.3 Å². The SMILES string of the molecule is C[C@@H](NC(=O)c1nc(C2CC2)cnc1N)c1nnc2ccc(Nc3cccc(Cl)c3)nn12. The molecule has 4 aromatic rings. The quantitative estimate of drug-likeness (QED) is 0.408. The van der Waals surface area contributed by atoms with Crippen LogP contribution < -0.4 is 16.4 Å². The van der Waals surface area contributed by atoms with Crippen molar-refractivity contribution in [2.45, 2.75) is 31.7 Å². The molecule has 3 aromatic heterocycles. The van der Waals surface area contributed by atoms with Crippen LogP contribution in [0.15, 0.2) is 42.6 Å². The van der Waals surface area contributed by atoms with Gasteiger partial charge in [-0.3, -0.25) is 4.79 Å². The molecule has 1 fully saturated rings. The van der Waals surface area contributed by atoms with Gasteiger partial charge in [-0.15, -0.1) is 15.3 Å². The van der Waals surface area contributed by atoms with Crippen molar-refractivity contribution >= 4 is 40.5 Å². The Morgan fingerprint density at radius 1 is 1.25 bits per heavy atom. The van der Waals surface area contributed by atoms with Gasteiger partial charge in [0.15, 0.2) is 28.8 Å². The standard InChI is InChI=1S/C21H20ClN9O/c1-11(25-21(32)18-19(23)24-10-15(27-18)12-5-6-12)20-29-28-17-8-7-16(30-31(17)20)26-14-4-2-3-13(22)9-14/h2-4,7-12H,5-6H2,1H3,(H2,23,24)(H,25,32)(H,26,30)/t11-/m1/s1. The summed E-state index contributed by atoms with van der Waals surface area (Å²) in [5.74, 6) is 1.08. The number of nitrogens with zero attached hydrogens (tertiary/aromatic N) is 6. The van der Waals surface area contributed by atoms with E-state index in [0.717, 1.165) is 24.2 Å². The van der Waals surface area contributed by atoms with E-state index < -0.39 is 11.9 Å². The van der Waals surface area contributed by atoms with Gasteiger partial charge >= 0.3 is 0 Å². The van der Waals surface area contributed by atoms with Crippen molar-refractivity contribution in [3.05, 3.63) is 64.8 Å². The summed E-state index contributed by atoms with van der Waals surface area (Å²) >= 11 is 6.05. The second kappa shape index (κ2) is 8.04. The lowest BCUT2D eigenvalue weighted by Gasteiger charge is -2.13. The van der Waals surface area contributed by atoms with Crippen molar-refractivity contribution in [2.24, 2.45) is 0 Å². The molecule has 1 aliphatic rings. The molecule has 1 aliphatic carbocycles. The van der Waals surface area contributed by atoms with Gasteiger partial charge in [0.2, 0.25) is 0 Å². The Hall–Kier alpha value is -3.79. The molecule has 162 valence electrons. The Balaban J connectivity index is 1.38. The maximum absolute atomic E-state index is 12.8. The number of aromatic nitrogens is 6. The molecule has 5 rings (SSSR count). The van der Waals surface area contributed by atoms with Gasteiger partial charge in [-0.1, -0.05) is 17.7 Å². The van der Waals surface area contributed by atoms with Crippen LogP contribution in [-0.2, 0) is 0 Å². The number of amides is 1. The molecule has 1 saturated carbocycles. The fraction of sp³-hybridized carbons (Fsp3) is 0.238. The number of carbonyl (C=O) groups is 1. The maximum Gasteiger partial charge on any atom is 0.274 e. The second-order valence-corrected chi connectivity index (χ2v) is 8.12. The highest BCUT2D eigenvalue weighted by Crippen LogP contribution is 2.38. The number of hydrogen-bond donors (Lipinski definition) is 3. The predicted molar refractivity (Wildman–Crippen MR) is 120 cm³/mol. The highest BCUT2D eigenvalue weighted by atomic mass is 35.5. The molecule has 10 nitrogen and oxygen atoms in total. The molecule has 0 aliphatic heterocycles. The van der Waals surface area contributed by atoms with Crippen LogP contribution in [0.1, 0.15) is 53.7 Å². The smallest absolute Gasteiger partial charge is 0.274 e. The number of halogens is 1. The third kappa shape index (κ3) is 4.04. The lowest BCUT2D eigenvalue weighted by atomic mass is 10.2. The Morgan fingerprint density at radius 3 is 2.88 bits per heavy atom. The Kier molecular flexibility index (Phi) is 5.06. The number of benzene rings is 1. The average molecular weight is 450 g/mol. The normalized spacial score (nSPS) is 14.3. The molecule has 0 unspecified atom stereocenters. The van der Waals surface area contributed by atoms with E-state index in [1.807, 2.05) is 12.1 Å². The van der Waals surface area contributed by atoms with Gasteiger partial charge in [0.25, 0.3) is 5.91 Å². The maximum atomic E-state index is 12.8. The summed E-state index contributed by atoms with van der Waals surface area (Å²) in [6, 6.07) is 10.4. The van der Waals surface area contributed by atoms with E-state index in [1.54, 1.807) is 41.9 Å². The number of nitrogen functional groups attached to an aromatic ring is 1. The van der Waals surface area contributed by atoms with Crippen LogP contribution in [0.3, 0.4) is 0 Å². The molecule has 32 heavy (non-hydrogen) atoms.